The van der Waals surface area contributed by atoms with Gasteiger partial charge < -0.3 is 0 Å². The topological polar surface area (TPSA) is 0 Å². The number of alkyl halides is 3. The lowest BCUT2D eigenvalue weighted by Crippen LogP contribution is -2.11. The number of hydrogen-bond acceptors (Lipinski definition) is 0. The van der Waals surface area contributed by atoms with Gasteiger partial charge in [-0.25, -0.2) is 0 Å². The van der Waals surface area contributed by atoms with E-state index in [1.807, 2.05) is 0 Å². The predicted molar refractivity (Wildman–Crippen MR) is 19.0 cm³/mol. The Morgan fingerprint density at radius 2 is 1.38 bits per heavy atom. The maximum Gasteiger partial charge on any atom is 0.395 e. The fourth-order valence-electron chi connectivity index (χ4n) is 1.91. The van der Waals surface area contributed by atoms with Crippen LogP contribution in [0, 0.1) is 23.2 Å². The van der Waals surface area contributed by atoms with Crippen LogP contribution in [0.3, 0.4) is 0 Å². The molecule has 4 rings (SSSR count). The minimum absolute atomic E-state index is 0.113. The first-order valence-electron chi connectivity index (χ1n) is 2.68. The van der Waals surface area contributed by atoms with Crippen molar-refractivity contribution in [2.75, 3.05) is 0 Å². The van der Waals surface area contributed by atoms with E-state index in [1.165, 1.54) is 0 Å². The lowest BCUT2D eigenvalue weighted by Gasteiger charge is -2.00. The van der Waals surface area contributed by atoms with Crippen molar-refractivity contribution in [1.29, 1.82) is 0 Å². The molecule has 0 radical (unpaired) electrons. The van der Waals surface area contributed by atoms with Gasteiger partial charge in [0, 0.05) is 0 Å². The minimum Gasteiger partial charge on any atom is -0.170 e. The quantitative estimate of drug-likeness (QED) is 0.453. The molecule has 8 heavy (non-hydrogen) atoms. The van der Waals surface area contributed by atoms with E-state index in [1.54, 1.807) is 0 Å². The molecule has 0 aromatic rings. The molecule has 4 fully saturated rings. The van der Waals surface area contributed by atoms with Gasteiger partial charge >= 0.3 is 6.18 Å². The van der Waals surface area contributed by atoms with Crippen LogP contribution in [0.2, 0.25) is 0 Å². The molecular weight excluding hydrogens is 117 g/mol. The van der Waals surface area contributed by atoms with Crippen LogP contribution in [-0.2, 0) is 0 Å². The van der Waals surface area contributed by atoms with Gasteiger partial charge in [0.15, 0.2) is 0 Å². The van der Waals surface area contributed by atoms with E-state index in [0.717, 1.165) is 0 Å². The molecule has 0 heterocycles. The highest BCUT2D eigenvalue weighted by molar-refractivity contribution is 5.56. The summed E-state index contributed by atoms with van der Waals surface area (Å²) in [5.41, 5.74) is -1.06. The minimum atomic E-state index is -3.84. The molecule has 0 aromatic carbocycles. The summed E-state index contributed by atoms with van der Waals surface area (Å²) >= 11 is 0. The standard InChI is InChI=1S/C5H3F3/c6-5(7,8)4-1-2(4)3(1)4/h1-3H. The van der Waals surface area contributed by atoms with Gasteiger partial charge in [-0.2, -0.15) is 13.2 Å². The highest BCUT2D eigenvalue weighted by Gasteiger charge is 3.16. The molecular formula is C5H3F3. The molecule has 0 unspecified atom stereocenters. The first kappa shape index (κ1) is 3.75. The SMILES string of the molecule is FC(F)(F)C12C3C1C32. The Balaban J connectivity index is 2.01. The van der Waals surface area contributed by atoms with Gasteiger partial charge in [0.25, 0.3) is 0 Å². The van der Waals surface area contributed by atoms with E-state index >= 15 is 0 Å². The van der Waals surface area contributed by atoms with E-state index in [0.29, 0.717) is 0 Å². The molecule has 44 valence electrons. The molecule has 0 saturated heterocycles. The van der Waals surface area contributed by atoms with Gasteiger partial charge in [-0.1, -0.05) is 0 Å². The van der Waals surface area contributed by atoms with E-state index < -0.39 is 11.6 Å². The van der Waals surface area contributed by atoms with Gasteiger partial charge in [0.2, 0.25) is 0 Å². The highest BCUT2D eigenvalue weighted by atomic mass is 19.4. The second-order valence-electron chi connectivity index (χ2n) is 3.01. The molecule has 0 bridgehead atoms. The maximum absolute atomic E-state index is 11.7. The summed E-state index contributed by atoms with van der Waals surface area (Å²) in [5, 5.41) is 0. The smallest absolute Gasteiger partial charge is 0.170 e. The van der Waals surface area contributed by atoms with Crippen LogP contribution in [0.1, 0.15) is 0 Å². The molecule has 4 aliphatic rings. The van der Waals surface area contributed by atoms with E-state index in [-0.39, 0.29) is 17.8 Å². The number of hydrogen-bond donors (Lipinski definition) is 0. The second kappa shape index (κ2) is 0.527. The summed E-state index contributed by atoms with van der Waals surface area (Å²) in [7, 11) is 0. The van der Waals surface area contributed by atoms with Gasteiger partial charge in [-0.15, -0.1) is 0 Å². The van der Waals surface area contributed by atoms with Gasteiger partial charge in [-0.3, -0.25) is 0 Å². The summed E-state index contributed by atoms with van der Waals surface area (Å²) in [6, 6.07) is 0. The van der Waals surface area contributed by atoms with Gasteiger partial charge in [0.05, 0.1) is 5.41 Å². The monoisotopic (exact) mass is 120 g/mol. The average molecular weight is 120 g/mol. The third kappa shape index (κ3) is 0.140. The van der Waals surface area contributed by atoms with Crippen molar-refractivity contribution in [1.82, 2.24) is 0 Å². The van der Waals surface area contributed by atoms with Gasteiger partial charge in [0.1, 0.15) is 0 Å². The van der Waals surface area contributed by atoms with E-state index in [2.05, 4.69) is 0 Å². The van der Waals surface area contributed by atoms with Crippen molar-refractivity contribution >= 4 is 0 Å². The average Bonchev–Trinajstić information content (AvgIpc) is 2.24. The third-order valence-electron chi connectivity index (χ3n) is 2.84. The highest BCUT2D eigenvalue weighted by Crippen LogP contribution is 3.12. The third-order valence-corrected chi connectivity index (χ3v) is 2.84. The van der Waals surface area contributed by atoms with Crippen molar-refractivity contribution in [3.63, 3.8) is 0 Å². The zero-order valence-electron chi connectivity index (χ0n) is 3.87. The number of rotatable bonds is 0. The molecule has 0 aromatic heterocycles. The van der Waals surface area contributed by atoms with Crippen LogP contribution in [0.4, 0.5) is 13.2 Å². The summed E-state index contributed by atoms with van der Waals surface area (Å²) in [4.78, 5) is 0. The first-order valence-corrected chi connectivity index (χ1v) is 2.68. The zero-order valence-corrected chi connectivity index (χ0v) is 3.87. The van der Waals surface area contributed by atoms with Crippen molar-refractivity contribution in [2.24, 2.45) is 23.2 Å². The molecule has 0 N–H and O–H groups in total. The van der Waals surface area contributed by atoms with Crippen molar-refractivity contribution < 1.29 is 13.2 Å². The Morgan fingerprint density at radius 1 is 1.00 bits per heavy atom. The summed E-state index contributed by atoms with van der Waals surface area (Å²) in [6.45, 7) is 0. The molecule has 0 atom stereocenters. The van der Waals surface area contributed by atoms with Crippen molar-refractivity contribution in [2.45, 2.75) is 6.18 Å². The molecule has 0 amide bonds. The zero-order chi connectivity index (χ0) is 5.73. The van der Waals surface area contributed by atoms with Crippen LogP contribution >= 0.6 is 0 Å². The Bertz CT molecular complexity index is 153. The van der Waals surface area contributed by atoms with Crippen molar-refractivity contribution in [3.8, 4) is 0 Å². The van der Waals surface area contributed by atoms with Crippen LogP contribution in [0.5, 0.6) is 0 Å². The Hall–Kier alpha value is -0.210. The largest absolute Gasteiger partial charge is 0.395 e. The summed E-state index contributed by atoms with van der Waals surface area (Å²) in [6.07, 6.45) is -3.84. The second-order valence-corrected chi connectivity index (χ2v) is 3.01. The summed E-state index contributed by atoms with van der Waals surface area (Å²) in [5.74, 6) is 0.340. The molecule has 0 aliphatic heterocycles. The van der Waals surface area contributed by atoms with Crippen LogP contribution in [-0.4, -0.2) is 6.18 Å². The lowest BCUT2D eigenvalue weighted by molar-refractivity contribution is -0.155. The molecule has 0 spiro atoms. The fourth-order valence-corrected chi connectivity index (χ4v) is 1.91. The predicted octanol–water partition coefficient (Wildman–Crippen LogP) is 1.42. The van der Waals surface area contributed by atoms with Crippen LogP contribution < -0.4 is 0 Å². The van der Waals surface area contributed by atoms with Crippen LogP contribution in [0.25, 0.3) is 0 Å². The Kier molecular flexibility index (Phi) is 0.247. The van der Waals surface area contributed by atoms with E-state index in [4.69, 9.17) is 0 Å². The lowest BCUT2D eigenvalue weighted by atomic mass is 10.4. The fraction of sp³-hybridized carbons (Fsp3) is 1.00. The number of halogens is 3. The maximum atomic E-state index is 11.7. The first-order chi connectivity index (χ1) is 3.62. The molecule has 3 heteroatoms. The van der Waals surface area contributed by atoms with Gasteiger partial charge in [-0.05, 0) is 17.8 Å². The molecule has 0 nitrogen and oxygen atoms in total. The van der Waals surface area contributed by atoms with Crippen LogP contribution in [0.15, 0.2) is 0 Å². The Morgan fingerprint density at radius 3 is 1.38 bits per heavy atom. The Labute approximate surface area is 43.7 Å². The van der Waals surface area contributed by atoms with Crippen molar-refractivity contribution in [3.05, 3.63) is 0 Å². The molecule has 4 aliphatic carbocycles. The van der Waals surface area contributed by atoms with E-state index in [9.17, 15) is 13.2 Å². The normalized spacial score (nSPS) is 71.6. The summed E-state index contributed by atoms with van der Waals surface area (Å²) < 4.78 is 35.1. The molecule has 4 saturated carbocycles.